The Morgan fingerprint density at radius 3 is 2.48 bits per heavy atom. The molecule has 2 aromatic rings. The summed E-state index contributed by atoms with van der Waals surface area (Å²) in [7, 11) is 5.17. The van der Waals surface area contributed by atoms with Crippen LogP contribution in [0.5, 0.6) is 11.5 Å². The van der Waals surface area contributed by atoms with Crippen molar-refractivity contribution in [1.82, 2.24) is 15.5 Å². The van der Waals surface area contributed by atoms with E-state index < -0.39 is 0 Å². The quantitative estimate of drug-likeness (QED) is 0.666. The second kappa shape index (κ2) is 10.7. The topological polar surface area (TPSA) is 83.1 Å². The highest BCUT2D eigenvalue weighted by Gasteiger charge is 2.17. The predicted molar refractivity (Wildman–Crippen MR) is 120 cm³/mol. The third-order valence-corrected chi connectivity index (χ3v) is 5.34. The van der Waals surface area contributed by atoms with Crippen molar-refractivity contribution < 1.29 is 19.1 Å². The van der Waals surface area contributed by atoms with Crippen molar-refractivity contribution in [2.75, 3.05) is 58.9 Å². The summed E-state index contributed by atoms with van der Waals surface area (Å²) in [6.07, 6.45) is 0. The Kier molecular flexibility index (Phi) is 7.72. The van der Waals surface area contributed by atoms with Gasteiger partial charge in [-0.1, -0.05) is 18.2 Å². The van der Waals surface area contributed by atoms with Crippen LogP contribution in [-0.2, 0) is 11.3 Å². The summed E-state index contributed by atoms with van der Waals surface area (Å²) in [5.41, 5.74) is 2.70. The first-order valence-corrected chi connectivity index (χ1v) is 10.3. The maximum atomic E-state index is 12.7. The molecule has 2 amide bonds. The number of ether oxygens (including phenoxy) is 2. The zero-order valence-corrected chi connectivity index (χ0v) is 18.3. The van der Waals surface area contributed by atoms with Crippen molar-refractivity contribution in [3.8, 4) is 11.5 Å². The fourth-order valence-electron chi connectivity index (χ4n) is 3.44. The number of piperazine rings is 1. The molecule has 2 aromatic carbocycles. The van der Waals surface area contributed by atoms with Crippen LogP contribution in [0.2, 0.25) is 0 Å². The average Bonchev–Trinajstić information content (AvgIpc) is 2.81. The van der Waals surface area contributed by atoms with E-state index in [2.05, 4.69) is 33.5 Å². The molecule has 0 saturated carbocycles. The van der Waals surface area contributed by atoms with Crippen LogP contribution in [0.25, 0.3) is 0 Å². The number of hydrogen-bond acceptors (Lipinski definition) is 6. The average molecular weight is 427 g/mol. The lowest BCUT2D eigenvalue weighted by molar-refractivity contribution is -0.122. The zero-order valence-electron chi connectivity index (χ0n) is 18.3. The van der Waals surface area contributed by atoms with E-state index in [0.717, 1.165) is 37.4 Å². The van der Waals surface area contributed by atoms with Gasteiger partial charge in [0.2, 0.25) is 0 Å². The maximum absolute atomic E-state index is 12.7. The van der Waals surface area contributed by atoms with Crippen molar-refractivity contribution >= 4 is 17.5 Å². The fraction of sp³-hybridized carbons (Fsp3) is 0.391. The number of likely N-dealkylation sites (N-methyl/N-ethyl adjacent to an activating group) is 2. The van der Waals surface area contributed by atoms with E-state index in [1.807, 2.05) is 18.2 Å². The Hall–Kier alpha value is -3.26. The molecule has 8 nitrogen and oxygen atoms in total. The lowest BCUT2D eigenvalue weighted by atomic mass is 10.1. The van der Waals surface area contributed by atoms with Crippen LogP contribution in [0, 0.1) is 0 Å². The van der Waals surface area contributed by atoms with Gasteiger partial charge < -0.3 is 29.9 Å². The Bertz CT molecular complexity index is 910. The second-order valence-electron chi connectivity index (χ2n) is 7.43. The molecule has 1 heterocycles. The van der Waals surface area contributed by atoms with Crippen LogP contribution in [0.1, 0.15) is 15.9 Å². The van der Waals surface area contributed by atoms with Gasteiger partial charge in [0.25, 0.3) is 11.8 Å². The number of methoxy groups -OCH3 is 1. The third kappa shape index (κ3) is 5.88. The van der Waals surface area contributed by atoms with Crippen molar-refractivity contribution in [3.05, 3.63) is 53.6 Å². The van der Waals surface area contributed by atoms with Gasteiger partial charge >= 0.3 is 0 Å². The Balaban J connectivity index is 1.65. The van der Waals surface area contributed by atoms with Gasteiger partial charge in [-0.25, -0.2) is 0 Å². The molecule has 3 rings (SSSR count). The van der Waals surface area contributed by atoms with Crippen molar-refractivity contribution in [2.24, 2.45) is 0 Å². The first-order valence-electron chi connectivity index (χ1n) is 10.3. The van der Waals surface area contributed by atoms with Crippen molar-refractivity contribution in [1.29, 1.82) is 0 Å². The molecule has 0 bridgehead atoms. The molecule has 0 atom stereocenters. The fourth-order valence-corrected chi connectivity index (χ4v) is 3.44. The number of rotatable bonds is 8. The summed E-state index contributed by atoms with van der Waals surface area (Å²) in [5, 5.41) is 5.49. The lowest BCUT2D eigenvalue weighted by Gasteiger charge is -2.35. The molecular formula is C23H30N4O4. The van der Waals surface area contributed by atoms with Gasteiger partial charge in [-0.3, -0.25) is 9.59 Å². The van der Waals surface area contributed by atoms with Crippen LogP contribution in [0.4, 0.5) is 5.69 Å². The number of para-hydroxylation sites is 1. The minimum Gasteiger partial charge on any atom is -0.493 e. The first-order chi connectivity index (χ1) is 15.0. The highest BCUT2D eigenvalue weighted by Crippen LogP contribution is 2.28. The van der Waals surface area contributed by atoms with Gasteiger partial charge in [0.15, 0.2) is 18.1 Å². The molecule has 1 fully saturated rings. The van der Waals surface area contributed by atoms with Gasteiger partial charge in [-0.05, 0) is 36.9 Å². The predicted octanol–water partition coefficient (Wildman–Crippen LogP) is 1.50. The van der Waals surface area contributed by atoms with E-state index in [0.29, 0.717) is 23.6 Å². The minimum atomic E-state index is -0.247. The molecule has 0 aliphatic carbocycles. The summed E-state index contributed by atoms with van der Waals surface area (Å²) >= 11 is 0. The second-order valence-corrected chi connectivity index (χ2v) is 7.43. The number of amides is 2. The van der Waals surface area contributed by atoms with Crippen molar-refractivity contribution in [3.63, 3.8) is 0 Å². The number of carbonyl (C=O) groups excluding carboxylic acids is 2. The molecule has 0 aromatic heterocycles. The summed E-state index contributed by atoms with van der Waals surface area (Å²) in [6, 6.07) is 13.1. The van der Waals surface area contributed by atoms with Crippen LogP contribution in [0.15, 0.2) is 42.5 Å². The highest BCUT2D eigenvalue weighted by molar-refractivity contribution is 5.95. The van der Waals surface area contributed by atoms with E-state index in [-0.39, 0.29) is 18.4 Å². The van der Waals surface area contributed by atoms with E-state index >= 15 is 0 Å². The van der Waals surface area contributed by atoms with Crippen LogP contribution in [0.3, 0.4) is 0 Å². The van der Waals surface area contributed by atoms with Gasteiger partial charge in [0, 0.05) is 51.0 Å². The van der Waals surface area contributed by atoms with Crippen LogP contribution >= 0.6 is 0 Å². The molecule has 1 saturated heterocycles. The van der Waals surface area contributed by atoms with Gasteiger partial charge in [0.05, 0.1) is 7.11 Å². The number of anilines is 1. The molecule has 0 spiro atoms. The molecule has 0 unspecified atom stereocenters. The molecule has 8 heteroatoms. The number of benzene rings is 2. The molecule has 2 N–H and O–H groups in total. The van der Waals surface area contributed by atoms with Crippen LogP contribution in [-0.4, -0.2) is 70.7 Å². The van der Waals surface area contributed by atoms with E-state index in [4.69, 9.17) is 9.47 Å². The zero-order chi connectivity index (χ0) is 22.2. The van der Waals surface area contributed by atoms with E-state index in [1.165, 1.54) is 14.2 Å². The smallest absolute Gasteiger partial charge is 0.257 e. The maximum Gasteiger partial charge on any atom is 0.257 e. The first kappa shape index (κ1) is 22.4. The van der Waals surface area contributed by atoms with E-state index in [1.54, 1.807) is 18.2 Å². The number of nitrogens with zero attached hydrogens (tertiary/aromatic N) is 2. The summed E-state index contributed by atoms with van der Waals surface area (Å²) in [4.78, 5) is 28.8. The van der Waals surface area contributed by atoms with Crippen LogP contribution < -0.4 is 25.0 Å². The summed E-state index contributed by atoms with van der Waals surface area (Å²) in [6.45, 7) is 4.29. The SMILES string of the molecule is CNC(=O)COc1ccc(C(=O)NCc2ccccc2N2CCN(C)CC2)cc1OC. The summed E-state index contributed by atoms with van der Waals surface area (Å²) < 4.78 is 10.8. The number of hydrogen-bond donors (Lipinski definition) is 2. The monoisotopic (exact) mass is 426 g/mol. The molecule has 31 heavy (non-hydrogen) atoms. The van der Waals surface area contributed by atoms with Gasteiger partial charge in [-0.15, -0.1) is 0 Å². The standard InChI is InChI=1S/C23H30N4O4/c1-24-22(28)16-31-20-9-8-17(14-21(20)30-3)23(29)25-15-18-6-4-5-7-19(18)27-12-10-26(2)11-13-27/h4-9,14H,10-13,15-16H2,1-3H3,(H,24,28)(H,25,29). The Morgan fingerprint density at radius 2 is 1.77 bits per heavy atom. The molecule has 1 aliphatic heterocycles. The summed E-state index contributed by atoms with van der Waals surface area (Å²) in [5.74, 6) is 0.352. The van der Waals surface area contributed by atoms with E-state index in [9.17, 15) is 9.59 Å². The van der Waals surface area contributed by atoms with Crippen molar-refractivity contribution in [2.45, 2.75) is 6.54 Å². The molecule has 166 valence electrons. The molecule has 1 aliphatic rings. The normalized spacial score (nSPS) is 14.1. The highest BCUT2D eigenvalue weighted by atomic mass is 16.5. The van der Waals surface area contributed by atoms with Gasteiger partial charge in [-0.2, -0.15) is 0 Å². The van der Waals surface area contributed by atoms with Gasteiger partial charge in [0.1, 0.15) is 0 Å². The number of nitrogens with one attached hydrogen (secondary N) is 2. The Labute approximate surface area is 183 Å². The molecule has 0 radical (unpaired) electrons. The Morgan fingerprint density at radius 1 is 1.03 bits per heavy atom. The molecular weight excluding hydrogens is 396 g/mol. The minimum absolute atomic E-state index is 0.124. The lowest BCUT2D eigenvalue weighted by Crippen LogP contribution is -2.45. The number of carbonyl (C=O) groups is 2. The third-order valence-electron chi connectivity index (χ3n) is 5.34. The largest absolute Gasteiger partial charge is 0.493 e.